The monoisotopic (exact) mass is 330 g/mol. The number of hydrogen-bond acceptors (Lipinski definition) is 4. The number of rotatable bonds is 5. The molecule has 1 unspecified atom stereocenters. The Labute approximate surface area is 131 Å². The Morgan fingerprint density at radius 3 is 2.41 bits per heavy atom. The van der Waals surface area contributed by atoms with Gasteiger partial charge < -0.3 is 5.11 Å². The first kappa shape index (κ1) is 17.3. The van der Waals surface area contributed by atoms with Crippen molar-refractivity contribution in [3.05, 3.63) is 29.6 Å². The predicted molar refractivity (Wildman–Crippen MR) is 82.6 cm³/mol. The van der Waals surface area contributed by atoms with Crippen LogP contribution in [-0.2, 0) is 10.0 Å². The van der Waals surface area contributed by atoms with Gasteiger partial charge in [0.15, 0.2) is 0 Å². The molecule has 1 saturated heterocycles. The Balaban J connectivity index is 2.11. The van der Waals surface area contributed by atoms with E-state index in [9.17, 15) is 17.9 Å². The van der Waals surface area contributed by atoms with Crippen molar-refractivity contribution in [2.75, 3.05) is 32.8 Å². The first-order valence-corrected chi connectivity index (χ1v) is 8.95. The summed E-state index contributed by atoms with van der Waals surface area (Å²) in [5.41, 5.74) is 0.325. The summed E-state index contributed by atoms with van der Waals surface area (Å²) in [7, 11) is -3.59. The molecule has 1 fully saturated rings. The van der Waals surface area contributed by atoms with Gasteiger partial charge in [-0.15, -0.1) is 0 Å². The van der Waals surface area contributed by atoms with Crippen molar-refractivity contribution in [2.24, 2.45) is 0 Å². The maximum absolute atomic E-state index is 13.3. The first-order valence-electron chi connectivity index (χ1n) is 7.51. The van der Waals surface area contributed by atoms with Gasteiger partial charge in [0.05, 0.1) is 11.5 Å². The first-order chi connectivity index (χ1) is 10.4. The predicted octanol–water partition coefficient (Wildman–Crippen LogP) is 1.21. The van der Waals surface area contributed by atoms with Gasteiger partial charge in [-0.25, -0.2) is 12.8 Å². The molecule has 0 saturated carbocycles. The molecule has 5 nitrogen and oxygen atoms in total. The van der Waals surface area contributed by atoms with Gasteiger partial charge >= 0.3 is 0 Å². The maximum Gasteiger partial charge on any atom is 0.243 e. The molecule has 0 aromatic heterocycles. The third-order valence-corrected chi connectivity index (χ3v) is 6.13. The van der Waals surface area contributed by atoms with Crippen molar-refractivity contribution in [3.8, 4) is 0 Å². The molecule has 1 aromatic rings. The van der Waals surface area contributed by atoms with E-state index in [1.165, 1.54) is 22.5 Å². The van der Waals surface area contributed by atoms with Crippen molar-refractivity contribution in [1.29, 1.82) is 0 Å². The van der Waals surface area contributed by atoms with Crippen LogP contribution in [-0.4, -0.2) is 61.6 Å². The number of aliphatic hydroxyl groups is 1. The van der Waals surface area contributed by atoms with Crippen LogP contribution < -0.4 is 0 Å². The second-order valence-electron chi connectivity index (χ2n) is 5.60. The molecule has 22 heavy (non-hydrogen) atoms. The fourth-order valence-electron chi connectivity index (χ4n) is 2.74. The molecule has 0 radical (unpaired) electrons. The van der Waals surface area contributed by atoms with Crippen molar-refractivity contribution in [1.82, 2.24) is 9.21 Å². The van der Waals surface area contributed by atoms with E-state index in [1.54, 1.807) is 6.92 Å². The van der Waals surface area contributed by atoms with Crippen molar-refractivity contribution >= 4 is 10.0 Å². The fourth-order valence-corrected chi connectivity index (χ4v) is 4.25. The summed E-state index contributed by atoms with van der Waals surface area (Å²) in [6.07, 6.45) is 0.834. The van der Waals surface area contributed by atoms with Gasteiger partial charge in [0, 0.05) is 32.2 Å². The zero-order valence-electron chi connectivity index (χ0n) is 13.0. The minimum atomic E-state index is -3.59. The molecule has 0 amide bonds. The number of benzene rings is 1. The van der Waals surface area contributed by atoms with Gasteiger partial charge in [-0.05, 0) is 37.1 Å². The third kappa shape index (κ3) is 3.48. The van der Waals surface area contributed by atoms with Crippen LogP contribution in [0.4, 0.5) is 4.39 Å². The van der Waals surface area contributed by atoms with E-state index >= 15 is 0 Å². The normalized spacial score (nSPS) is 19.3. The fraction of sp³-hybridized carbons (Fsp3) is 0.600. The van der Waals surface area contributed by atoms with Crippen molar-refractivity contribution < 1.29 is 17.9 Å². The Kier molecular flexibility index (Phi) is 5.55. The number of aryl methyl sites for hydroxylation is 1. The van der Waals surface area contributed by atoms with Crippen LogP contribution in [0.15, 0.2) is 23.1 Å². The highest BCUT2D eigenvalue weighted by atomic mass is 32.2. The molecule has 2 rings (SSSR count). The van der Waals surface area contributed by atoms with Crippen LogP contribution in [0.5, 0.6) is 0 Å². The van der Waals surface area contributed by atoms with Crippen LogP contribution >= 0.6 is 0 Å². The lowest BCUT2D eigenvalue weighted by atomic mass is 10.2. The minimum Gasteiger partial charge on any atom is -0.395 e. The van der Waals surface area contributed by atoms with E-state index in [0.29, 0.717) is 31.7 Å². The quantitative estimate of drug-likeness (QED) is 0.882. The van der Waals surface area contributed by atoms with Crippen molar-refractivity contribution in [2.45, 2.75) is 31.2 Å². The highest BCUT2D eigenvalue weighted by Crippen LogP contribution is 2.21. The molecular formula is C15H23FN2O3S. The Bertz CT molecular complexity index is 609. The Morgan fingerprint density at radius 1 is 1.27 bits per heavy atom. The molecule has 1 aromatic carbocycles. The summed E-state index contributed by atoms with van der Waals surface area (Å²) in [4.78, 5) is 2.25. The van der Waals surface area contributed by atoms with Crippen LogP contribution in [0.1, 0.15) is 18.9 Å². The Morgan fingerprint density at radius 2 is 1.91 bits per heavy atom. The smallest absolute Gasteiger partial charge is 0.243 e. The summed E-state index contributed by atoms with van der Waals surface area (Å²) in [5, 5.41) is 9.33. The molecule has 124 valence electrons. The average molecular weight is 330 g/mol. The van der Waals surface area contributed by atoms with Crippen LogP contribution in [0, 0.1) is 12.7 Å². The number of nitrogens with zero attached hydrogens (tertiary/aromatic N) is 2. The number of sulfonamides is 1. The molecule has 0 aliphatic carbocycles. The lowest BCUT2D eigenvalue weighted by Crippen LogP contribution is -2.52. The van der Waals surface area contributed by atoms with Gasteiger partial charge in [-0.1, -0.05) is 6.92 Å². The van der Waals surface area contributed by atoms with Gasteiger partial charge in [0.2, 0.25) is 10.0 Å². The summed E-state index contributed by atoms with van der Waals surface area (Å²) in [6, 6.07) is 3.96. The second kappa shape index (κ2) is 7.04. The Hall–Kier alpha value is -1.02. The lowest BCUT2D eigenvalue weighted by Gasteiger charge is -2.37. The number of aliphatic hydroxyl groups excluding tert-OH is 1. The molecule has 0 spiro atoms. The van der Waals surface area contributed by atoms with E-state index < -0.39 is 15.8 Å². The molecule has 1 aliphatic heterocycles. The highest BCUT2D eigenvalue weighted by Gasteiger charge is 2.30. The summed E-state index contributed by atoms with van der Waals surface area (Å²) >= 11 is 0. The average Bonchev–Trinajstić information content (AvgIpc) is 2.51. The topological polar surface area (TPSA) is 60.9 Å². The highest BCUT2D eigenvalue weighted by molar-refractivity contribution is 7.89. The van der Waals surface area contributed by atoms with E-state index in [1.807, 2.05) is 6.92 Å². The molecule has 1 aliphatic rings. The zero-order valence-corrected chi connectivity index (χ0v) is 13.8. The van der Waals surface area contributed by atoms with Gasteiger partial charge in [0.25, 0.3) is 0 Å². The number of halogens is 1. The van der Waals surface area contributed by atoms with E-state index in [0.717, 1.165) is 6.42 Å². The van der Waals surface area contributed by atoms with E-state index in [4.69, 9.17) is 0 Å². The molecule has 1 N–H and O–H groups in total. The number of hydrogen-bond donors (Lipinski definition) is 1. The molecule has 1 atom stereocenters. The molecule has 7 heteroatoms. The summed E-state index contributed by atoms with van der Waals surface area (Å²) < 4.78 is 39.9. The van der Waals surface area contributed by atoms with E-state index in [2.05, 4.69) is 4.90 Å². The summed E-state index contributed by atoms with van der Waals surface area (Å²) in [6.45, 7) is 5.60. The van der Waals surface area contributed by atoms with Crippen molar-refractivity contribution in [3.63, 3.8) is 0 Å². The van der Waals surface area contributed by atoms with Gasteiger partial charge in [0.1, 0.15) is 5.82 Å². The molecular weight excluding hydrogens is 307 g/mol. The lowest BCUT2D eigenvalue weighted by molar-refractivity contribution is 0.0881. The van der Waals surface area contributed by atoms with Crippen LogP contribution in [0.25, 0.3) is 0 Å². The number of piperazine rings is 1. The zero-order chi connectivity index (χ0) is 16.3. The van der Waals surface area contributed by atoms with Gasteiger partial charge in [-0.3, -0.25) is 4.90 Å². The largest absolute Gasteiger partial charge is 0.395 e. The molecule has 1 heterocycles. The second-order valence-corrected chi connectivity index (χ2v) is 7.53. The third-order valence-electron chi connectivity index (χ3n) is 4.24. The van der Waals surface area contributed by atoms with Crippen LogP contribution in [0.2, 0.25) is 0 Å². The van der Waals surface area contributed by atoms with Gasteiger partial charge in [-0.2, -0.15) is 4.31 Å². The van der Waals surface area contributed by atoms with E-state index in [-0.39, 0.29) is 17.5 Å². The van der Waals surface area contributed by atoms with Crippen LogP contribution in [0.3, 0.4) is 0 Å². The maximum atomic E-state index is 13.3. The SMILES string of the molecule is CCC(CO)N1CCN(S(=O)(=O)c2ccc(F)c(C)c2)CC1. The molecule has 0 bridgehead atoms. The summed E-state index contributed by atoms with van der Waals surface area (Å²) in [5.74, 6) is -0.405. The minimum absolute atomic E-state index is 0.0814. The standard InChI is InChI=1S/C15H23FN2O3S/c1-3-13(11-19)17-6-8-18(9-7-17)22(20,21)14-4-5-15(16)12(2)10-14/h4-5,10,13,19H,3,6-9,11H2,1-2H3.